The van der Waals surface area contributed by atoms with Crippen molar-refractivity contribution in [3.8, 4) is 0 Å². The van der Waals surface area contributed by atoms with Crippen LogP contribution < -0.4 is 11.1 Å². The highest BCUT2D eigenvalue weighted by atomic mass is 79.9. The molecule has 1 aromatic rings. The second-order valence-electron chi connectivity index (χ2n) is 3.58. The first-order valence-corrected chi connectivity index (χ1v) is 7.36. The van der Waals surface area contributed by atoms with Gasteiger partial charge in [-0.3, -0.25) is 0 Å². The van der Waals surface area contributed by atoms with Crippen LogP contribution in [-0.4, -0.2) is 36.4 Å². The highest BCUT2D eigenvalue weighted by Crippen LogP contribution is 2.13. The van der Waals surface area contributed by atoms with Gasteiger partial charge in [0.1, 0.15) is 20.3 Å². The van der Waals surface area contributed by atoms with Crippen molar-refractivity contribution in [1.29, 1.82) is 0 Å². The number of hydrogen-bond acceptors (Lipinski definition) is 6. The third-order valence-corrected chi connectivity index (χ3v) is 3.15. The maximum atomic E-state index is 11.1. The van der Waals surface area contributed by atoms with Crippen molar-refractivity contribution in [3.05, 3.63) is 10.7 Å². The van der Waals surface area contributed by atoms with Crippen LogP contribution in [0.2, 0.25) is 0 Å². The largest absolute Gasteiger partial charge is 0.383 e. The molecule has 1 unspecified atom stereocenters. The topological polar surface area (TPSA) is 98.0 Å². The van der Waals surface area contributed by atoms with Gasteiger partial charge in [0, 0.05) is 18.4 Å². The average Bonchev–Trinajstić information content (AvgIpc) is 1.96. The van der Waals surface area contributed by atoms with E-state index in [1.54, 1.807) is 13.0 Å². The number of nitrogens with one attached hydrogen (secondary N) is 1. The van der Waals surface area contributed by atoms with E-state index in [0.717, 1.165) is 0 Å². The van der Waals surface area contributed by atoms with Crippen LogP contribution in [-0.2, 0) is 9.84 Å². The number of anilines is 2. The molecule has 6 nitrogen and oxygen atoms in total. The van der Waals surface area contributed by atoms with E-state index in [2.05, 4.69) is 31.2 Å². The van der Waals surface area contributed by atoms with E-state index in [9.17, 15) is 8.42 Å². The number of hydrogen-bond donors (Lipinski definition) is 2. The number of rotatable bonds is 4. The van der Waals surface area contributed by atoms with E-state index in [4.69, 9.17) is 5.73 Å². The lowest BCUT2D eigenvalue weighted by molar-refractivity contribution is 0.597. The summed E-state index contributed by atoms with van der Waals surface area (Å²) in [6.45, 7) is 1.74. The summed E-state index contributed by atoms with van der Waals surface area (Å²) in [5, 5.41) is 2.87. The number of sulfone groups is 1. The Morgan fingerprint density at radius 2 is 2.19 bits per heavy atom. The zero-order chi connectivity index (χ0) is 12.3. The number of nitrogens with two attached hydrogens (primary N) is 1. The molecule has 0 fully saturated rings. The fourth-order valence-corrected chi connectivity index (χ4v) is 2.61. The number of nitrogens with zero attached hydrogens (tertiary/aromatic N) is 2. The molecule has 0 radical (unpaired) electrons. The van der Waals surface area contributed by atoms with E-state index in [0.29, 0.717) is 16.4 Å². The molecule has 0 saturated heterocycles. The average molecular weight is 309 g/mol. The number of aromatic nitrogens is 2. The molecular weight excluding hydrogens is 296 g/mol. The van der Waals surface area contributed by atoms with Gasteiger partial charge in [0.25, 0.3) is 0 Å². The summed E-state index contributed by atoms with van der Waals surface area (Å²) in [5.74, 6) is 0.641. The van der Waals surface area contributed by atoms with Gasteiger partial charge in [-0.1, -0.05) is 0 Å². The van der Waals surface area contributed by atoms with E-state index in [1.807, 2.05) is 0 Å². The summed E-state index contributed by atoms with van der Waals surface area (Å²) in [7, 11) is -3.02. The summed E-state index contributed by atoms with van der Waals surface area (Å²) in [4.78, 5) is 7.96. The summed E-state index contributed by atoms with van der Waals surface area (Å²) in [6, 6.07) is 1.29. The van der Waals surface area contributed by atoms with Crippen LogP contribution in [0.25, 0.3) is 0 Å². The third-order valence-electron chi connectivity index (χ3n) is 1.64. The van der Waals surface area contributed by atoms with Crippen LogP contribution in [0.4, 0.5) is 11.8 Å². The van der Waals surface area contributed by atoms with Crippen molar-refractivity contribution in [2.45, 2.75) is 13.0 Å². The minimum absolute atomic E-state index is 0.0166. The highest BCUT2D eigenvalue weighted by Gasteiger charge is 2.11. The molecule has 0 bridgehead atoms. The first kappa shape index (κ1) is 13.2. The van der Waals surface area contributed by atoms with Gasteiger partial charge in [-0.25, -0.2) is 13.4 Å². The molecule has 0 aliphatic rings. The molecule has 16 heavy (non-hydrogen) atoms. The fourth-order valence-electron chi connectivity index (χ4n) is 1.22. The second-order valence-corrected chi connectivity index (χ2v) is 6.57. The van der Waals surface area contributed by atoms with Crippen LogP contribution >= 0.6 is 15.9 Å². The molecule has 0 saturated carbocycles. The SMILES string of the molecule is CC(CS(C)(=O)=O)Nc1nc(N)cc(Br)n1. The molecular formula is C8H13BrN4O2S. The first-order valence-electron chi connectivity index (χ1n) is 4.50. The molecule has 3 N–H and O–H groups in total. The van der Waals surface area contributed by atoms with Gasteiger partial charge in [-0.15, -0.1) is 0 Å². The van der Waals surface area contributed by atoms with Gasteiger partial charge < -0.3 is 11.1 Å². The molecule has 0 aliphatic carbocycles. The van der Waals surface area contributed by atoms with Gasteiger partial charge in [-0.05, 0) is 22.9 Å². The van der Waals surface area contributed by atoms with Gasteiger partial charge in [-0.2, -0.15) is 4.98 Å². The lowest BCUT2D eigenvalue weighted by Crippen LogP contribution is -2.26. The Hall–Kier alpha value is -0.890. The van der Waals surface area contributed by atoms with Crippen molar-refractivity contribution in [3.63, 3.8) is 0 Å². The lowest BCUT2D eigenvalue weighted by atomic mass is 10.4. The second kappa shape index (κ2) is 4.96. The lowest BCUT2D eigenvalue weighted by Gasteiger charge is -2.12. The minimum atomic E-state index is -3.02. The molecule has 1 atom stereocenters. The third kappa shape index (κ3) is 4.75. The summed E-state index contributed by atoms with van der Waals surface area (Å²) in [5.41, 5.74) is 5.52. The van der Waals surface area contributed by atoms with Crippen LogP contribution in [0.5, 0.6) is 0 Å². The molecule has 0 aliphatic heterocycles. The van der Waals surface area contributed by atoms with Gasteiger partial charge in [0.2, 0.25) is 5.95 Å². The Morgan fingerprint density at radius 1 is 1.56 bits per heavy atom. The maximum Gasteiger partial charge on any atom is 0.225 e. The van der Waals surface area contributed by atoms with Crippen molar-refractivity contribution in [2.75, 3.05) is 23.1 Å². The molecule has 1 heterocycles. The smallest absolute Gasteiger partial charge is 0.225 e. The van der Waals surface area contributed by atoms with E-state index >= 15 is 0 Å². The highest BCUT2D eigenvalue weighted by molar-refractivity contribution is 9.10. The van der Waals surface area contributed by atoms with Gasteiger partial charge >= 0.3 is 0 Å². The Balaban J connectivity index is 2.73. The first-order chi connectivity index (χ1) is 7.26. The van der Waals surface area contributed by atoms with E-state index < -0.39 is 9.84 Å². The maximum absolute atomic E-state index is 11.1. The molecule has 0 amide bonds. The van der Waals surface area contributed by atoms with Crippen LogP contribution in [0.3, 0.4) is 0 Å². The Morgan fingerprint density at radius 3 is 2.69 bits per heavy atom. The van der Waals surface area contributed by atoms with Gasteiger partial charge in [0.15, 0.2) is 0 Å². The van der Waals surface area contributed by atoms with Crippen molar-refractivity contribution in [2.24, 2.45) is 0 Å². The fraction of sp³-hybridized carbons (Fsp3) is 0.500. The Bertz CT molecular complexity index is 457. The monoisotopic (exact) mass is 308 g/mol. The zero-order valence-electron chi connectivity index (χ0n) is 8.94. The summed E-state index contributed by atoms with van der Waals surface area (Å²) < 4.78 is 22.7. The Kier molecular flexibility index (Phi) is 4.09. The minimum Gasteiger partial charge on any atom is -0.383 e. The summed E-state index contributed by atoms with van der Waals surface area (Å²) in [6.07, 6.45) is 1.18. The van der Waals surface area contributed by atoms with Crippen LogP contribution in [0.1, 0.15) is 6.92 Å². The molecule has 0 aromatic carbocycles. The number of halogens is 1. The van der Waals surface area contributed by atoms with E-state index in [1.165, 1.54) is 6.26 Å². The van der Waals surface area contributed by atoms with Crippen LogP contribution in [0.15, 0.2) is 10.7 Å². The molecule has 1 aromatic heterocycles. The standard InChI is InChI=1S/C8H13BrN4O2S/c1-5(4-16(2,14)15)11-8-12-6(9)3-7(10)13-8/h3,5H,4H2,1-2H3,(H3,10,11,12,13). The summed E-state index contributed by atoms with van der Waals surface area (Å²) >= 11 is 3.17. The predicted molar refractivity (Wildman–Crippen MR) is 66.9 cm³/mol. The molecule has 8 heteroatoms. The normalized spacial score (nSPS) is 13.4. The molecule has 90 valence electrons. The molecule has 1 rings (SSSR count). The van der Waals surface area contributed by atoms with Crippen LogP contribution in [0, 0.1) is 0 Å². The van der Waals surface area contributed by atoms with Crippen molar-refractivity contribution < 1.29 is 8.42 Å². The number of nitrogen functional groups attached to an aromatic ring is 1. The van der Waals surface area contributed by atoms with Crippen molar-refractivity contribution in [1.82, 2.24) is 9.97 Å². The van der Waals surface area contributed by atoms with Gasteiger partial charge in [0.05, 0.1) is 5.75 Å². The molecule has 0 spiro atoms. The quantitative estimate of drug-likeness (QED) is 0.793. The predicted octanol–water partition coefficient (Wildman–Crippen LogP) is 0.666. The van der Waals surface area contributed by atoms with Crippen molar-refractivity contribution >= 4 is 37.5 Å². The zero-order valence-corrected chi connectivity index (χ0v) is 11.3. The van der Waals surface area contributed by atoms with E-state index in [-0.39, 0.29) is 11.8 Å². The Labute approximate surface area is 103 Å².